The van der Waals surface area contributed by atoms with Crippen molar-refractivity contribution in [1.82, 2.24) is 0 Å². The Morgan fingerprint density at radius 1 is 1.20 bits per heavy atom. The summed E-state index contributed by atoms with van der Waals surface area (Å²) < 4.78 is 6.19. The zero-order valence-electron chi connectivity index (χ0n) is 16.1. The molecular formula is C22H32O3. The zero-order chi connectivity index (χ0) is 17.8. The quantitative estimate of drug-likeness (QED) is 0.577. The van der Waals surface area contributed by atoms with Crippen LogP contribution in [0.25, 0.3) is 0 Å². The van der Waals surface area contributed by atoms with Gasteiger partial charge in [-0.1, -0.05) is 25.5 Å². The number of aliphatic hydroxyl groups excluding tert-OH is 1. The van der Waals surface area contributed by atoms with Crippen LogP contribution < -0.4 is 0 Å². The Morgan fingerprint density at radius 2 is 1.96 bits per heavy atom. The highest BCUT2D eigenvalue weighted by Crippen LogP contribution is 2.77. The van der Waals surface area contributed by atoms with E-state index in [0.717, 1.165) is 38.5 Å². The first-order valence-electron chi connectivity index (χ1n) is 10.3. The van der Waals surface area contributed by atoms with Gasteiger partial charge in [0.05, 0.1) is 6.10 Å². The van der Waals surface area contributed by atoms with Crippen LogP contribution >= 0.6 is 0 Å². The van der Waals surface area contributed by atoms with Crippen LogP contribution in [0.3, 0.4) is 0 Å². The summed E-state index contributed by atoms with van der Waals surface area (Å²) in [6.45, 7) is 8.72. The smallest absolute Gasteiger partial charge is 0.165 e. The Morgan fingerprint density at radius 3 is 2.68 bits per heavy atom. The van der Waals surface area contributed by atoms with Gasteiger partial charge in [0.15, 0.2) is 11.4 Å². The van der Waals surface area contributed by atoms with Crippen LogP contribution in [0.5, 0.6) is 0 Å². The van der Waals surface area contributed by atoms with Gasteiger partial charge in [-0.3, -0.25) is 4.79 Å². The fraction of sp³-hybridized carbons (Fsp3) is 0.864. The van der Waals surface area contributed by atoms with Gasteiger partial charge in [0.2, 0.25) is 0 Å². The fourth-order valence-corrected chi connectivity index (χ4v) is 8.26. The van der Waals surface area contributed by atoms with Crippen molar-refractivity contribution >= 4 is 5.78 Å². The molecule has 0 spiro atoms. The molecule has 3 nitrogen and oxygen atoms in total. The molecule has 4 aliphatic carbocycles. The van der Waals surface area contributed by atoms with Gasteiger partial charge in [-0.05, 0) is 82.0 Å². The fourth-order valence-electron chi connectivity index (χ4n) is 8.26. The van der Waals surface area contributed by atoms with E-state index in [1.165, 1.54) is 12.0 Å². The van der Waals surface area contributed by atoms with Gasteiger partial charge < -0.3 is 9.84 Å². The molecule has 0 bridgehead atoms. The second-order valence-electron chi connectivity index (χ2n) is 10.4. The van der Waals surface area contributed by atoms with Gasteiger partial charge >= 0.3 is 0 Å². The van der Waals surface area contributed by atoms with E-state index in [4.69, 9.17) is 4.74 Å². The molecular weight excluding hydrogens is 312 g/mol. The van der Waals surface area contributed by atoms with E-state index < -0.39 is 5.60 Å². The zero-order valence-corrected chi connectivity index (χ0v) is 16.1. The number of Topliss-reactive ketones (excluding diaryl/α,β-unsaturated/α-hetero) is 1. The SMILES string of the molecule is CC(=O)[C@@]12O[C@]1(C)C[C@@H]1[C@@H]3CC=C4C[C@@H](O)CC[C@]4(C)[C@@H]3CC[C@@]12C. The van der Waals surface area contributed by atoms with E-state index in [1.54, 1.807) is 6.92 Å². The summed E-state index contributed by atoms with van der Waals surface area (Å²) in [7, 11) is 0. The summed E-state index contributed by atoms with van der Waals surface area (Å²) in [5.41, 5.74) is 1.05. The molecule has 0 amide bonds. The lowest BCUT2D eigenvalue weighted by molar-refractivity contribution is -0.135. The van der Waals surface area contributed by atoms with E-state index in [1.807, 2.05) is 0 Å². The van der Waals surface area contributed by atoms with Gasteiger partial charge in [0.25, 0.3) is 0 Å². The largest absolute Gasteiger partial charge is 0.393 e. The Hall–Kier alpha value is -0.670. The van der Waals surface area contributed by atoms with Gasteiger partial charge in [-0.15, -0.1) is 0 Å². The molecule has 1 heterocycles. The highest BCUT2D eigenvalue weighted by Gasteiger charge is 2.85. The van der Waals surface area contributed by atoms with Gasteiger partial charge in [0.1, 0.15) is 5.60 Å². The van der Waals surface area contributed by atoms with E-state index in [2.05, 4.69) is 26.8 Å². The maximum atomic E-state index is 12.6. The molecule has 4 fully saturated rings. The summed E-state index contributed by atoms with van der Waals surface area (Å²) in [6, 6.07) is 0. The number of aliphatic hydroxyl groups is 1. The molecule has 5 aliphatic rings. The normalized spacial score (nSPS) is 59.2. The molecule has 1 N–H and O–H groups in total. The highest BCUT2D eigenvalue weighted by atomic mass is 16.6. The number of allylic oxidation sites excluding steroid dienone is 1. The van der Waals surface area contributed by atoms with Gasteiger partial charge in [-0.2, -0.15) is 0 Å². The maximum Gasteiger partial charge on any atom is 0.165 e. The Balaban J connectivity index is 1.53. The number of hydrogen-bond acceptors (Lipinski definition) is 3. The molecule has 8 atom stereocenters. The van der Waals surface area contributed by atoms with Crippen LogP contribution in [0.15, 0.2) is 11.6 Å². The van der Waals surface area contributed by atoms with Crippen molar-refractivity contribution in [3.8, 4) is 0 Å². The van der Waals surface area contributed by atoms with Crippen molar-refractivity contribution < 1.29 is 14.6 Å². The molecule has 0 aromatic rings. The minimum absolute atomic E-state index is 0.00460. The summed E-state index contributed by atoms with van der Waals surface area (Å²) in [5, 5.41) is 10.1. The number of ether oxygens (including phenoxy) is 1. The molecule has 0 aromatic carbocycles. The average Bonchev–Trinajstić information content (AvgIpc) is 3.13. The maximum absolute atomic E-state index is 12.6. The van der Waals surface area contributed by atoms with Crippen molar-refractivity contribution in [2.24, 2.45) is 28.6 Å². The number of epoxide rings is 1. The molecule has 1 aliphatic heterocycles. The predicted octanol–water partition coefficient (Wildman–Crippen LogP) is 4.04. The molecule has 0 unspecified atom stereocenters. The number of fused-ring (bicyclic) bond motifs is 7. The lowest BCUT2D eigenvalue weighted by Gasteiger charge is -2.58. The van der Waals surface area contributed by atoms with E-state index >= 15 is 0 Å². The number of rotatable bonds is 1. The van der Waals surface area contributed by atoms with Gasteiger partial charge in [0, 0.05) is 5.41 Å². The highest BCUT2D eigenvalue weighted by molar-refractivity contribution is 5.91. The van der Waals surface area contributed by atoms with Crippen LogP contribution in [-0.2, 0) is 9.53 Å². The second-order valence-corrected chi connectivity index (χ2v) is 10.4. The van der Waals surface area contributed by atoms with Crippen molar-refractivity contribution in [2.75, 3.05) is 0 Å². The molecule has 3 heteroatoms. The average molecular weight is 344 g/mol. The van der Waals surface area contributed by atoms with Crippen LogP contribution in [0.1, 0.15) is 72.6 Å². The van der Waals surface area contributed by atoms with E-state index in [0.29, 0.717) is 17.8 Å². The minimum atomic E-state index is -0.511. The standard InChI is InChI=1S/C22H32O3/c1-13(23)22-20(3)10-8-17-16(18(20)12-21(22,4)25-22)6-5-14-11-15(24)7-9-19(14,17)2/h5,15-18,24H,6-12H2,1-4H3/t15-,16+,17+,18+,19-,20-,21+,22-/m0/s1. The second kappa shape index (κ2) is 4.59. The van der Waals surface area contributed by atoms with Crippen molar-refractivity contribution in [3.05, 3.63) is 11.6 Å². The predicted molar refractivity (Wildman–Crippen MR) is 96.0 cm³/mol. The van der Waals surface area contributed by atoms with Crippen molar-refractivity contribution in [3.63, 3.8) is 0 Å². The first kappa shape index (κ1) is 16.5. The Bertz CT molecular complexity index is 683. The molecule has 0 aromatic heterocycles. The lowest BCUT2D eigenvalue weighted by atomic mass is 9.47. The Labute approximate surface area is 151 Å². The van der Waals surface area contributed by atoms with E-state index in [9.17, 15) is 9.90 Å². The third-order valence-electron chi connectivity index (χ3n) is 9.46. The van der Waals surface area contributed by atoms with Crippen LogP contribution in [0, 0.1) is 28.6 Å². The summed E-state index contributed by atoms with van der Waals surface area (Å²) in [5.74, 6) is 2.23. The first-order valence-corrected chi connectivity index (χ1v) is 10.3. The number of ketones is 1. The van der Waals surface area contributed by atoms with Crippen molar-refractivity contribution in [2.45, 2.75) is 89.9 Å². The third kappa shape index (κ3) is 1.69. The topological polar surface area (TPSA) is 49.8 Å². The summed E-state index contributed by atoms with van der Waals surface area (Å²) in [6.07, 6.45) is 9.75. The van der Waals surface area contributed by atoms with Gasteiger partial charge in [-0.25, -0.2) is 0 Å². The minimum Gasteiger partial charge on any atom is -0.393 e. The number of hydrogen-bond donors (Lipinski definition) is 1. The lowest BCUT2D eigenvalue weighted by Crippen LogP contribution is -2.54. The molecule has 0 radical (unpaired) electrons. The molecule has 3 saturated carbocycles. The molecule has 138 valence electrons. The summed E-state index contributed by atoms with van der Waals surface area (Å²) >= 11 is 0. The first-order chi connectivity index (χ1) is 11.7. The van der Waals surface area contributed by atoms with Crippen molar-refractivity contribution in [1.29, 1.82) is 0 Å². The molecule has 5 rings (SSSR count). The van der Waals surface area contributed by atoms with E-state index in [-0.39, 0.29) is 28.3 Å². The number of carbonyl (C=O) groups excluding carboxylic acids is 1. The van der Waals surface area contributed by atoms with Crippen LogP contribution in [0.2, 0.25) is 0 Å². The van der Waals surface area contributed by atoms with Crippen LogP contribution in [-0.4, -0.2) is 28.2 Å². The summed E-state index contributed by atoms with van der Waals surface area (Å²) in [4.78, 5) is 12.6. The third-order valence-corrected chi connectivity index (χ3v) is 9.46. The number of carbonyl (C=O) groups is 1. The molecule has 25 heavy (non-hydrogen) atoms. The van der Waals surface area contributed by atoms with Crippen LogP contribution in [0.4, 0.5) is 0 Å². The molecule has 1 saturated heterocycles. The Kier molecular flexibility index (Phi) is 3.03. The monoisotopic (exact) mass is 344 g/mol.